The maximum absolute atomic E-state index is 12.2. The molecule has 0 aliphatic carbocycles. The van der Waals surface area contributed by atoms with Gasteiger partial charge in [-0.2, -0.15) is 0 Å². The lowest BCUT2D eigenvalue weighted by Gasteiger charge is -2.11. The summed E-state index contributed by atoms with van der Waals surface area (Å²) < 4.78 is 11.3. The molecule has 148 valence electrons. The molecule has 0 saturated carbocycles. The van der Waals surface area contributed by atoms with E-state index in [2.05, 4.69) is 12.2 Å². The number of anilines is 1. The second kappa shape index (κ2) is 10.1. The fourth-order valence-corrected chi connectivity index (χ4v) is 2.82. The number of ether oxygens (including phenoxy) is 2. The molecule has 3 rings (SSSR count). The van der Waals surface area contributed by atoms with Crippen LogP contribution in [0.3, 0.4) is 0 Å². The zero-order chi connectivity index (χ0) is 20.5. The van der Waals surface area contributed by atoms with Crippen LogP contribution in [-0.2, 0) is 17.8 Å². The largest absolute Gasteiger partial charge is 0.493 e. The van der Waals surface area contributed by atoms with Crippen molar-refractivity contribution in [3.8, 4) is 11.5 Å². The quantitative estimate of drug-likeness (QED) is 0.520. The van der Waals surface area contributed by atoms with Gasteiger partial charge in [-0.05, 0) is 53.5 Å². The lowest BCUT2D eigenvalue weighted by Crippen LogP contribution is -2.07. The van der Waals surface area contributed by atoms with Crippen LogP contribution in [0.5, 0.6) is 11.5 Å². The minimum Gasteiger partial charge on any atom is -0.493 e. The normalized spacial score (nSPS) is 10.7. The van der Waals surface area contributed by atoms with E-state index in [1.165, 1.54) is 11.6 Å². The summed E-state index contributed by atoms with van der Waals surface area (Å²) in [5, 5.41) is 2.86. The first-order valence-corrected chi connectivity index (χ1v) is 9.60. The lowest BCUT2D eigenvalue weighted by atomic mass is 10.1. The maximum atomic E-state index is 12.2. The summed E-state index contributed by atoms with van der Waals surface area (Å²) in [4.78, 5) is 12.2. The molecule has 0 saturated heterocycles. The minimum atomic E-state index is -0.183. The molecule has 0 spiro atoms. The average Bonchev–Trinajstić information content (AvgIpc) is 2.77. The number of hydrogen-bond acceptors (Lipinski definition) is 3. The Bertz CT molecular complexity index is 963. The zero-order valence-corrected chi connectivity index (χ0v) is 16.7. The Morgan fingerprint density at radius 3 is 2.38 bits per heavy atom. The molecule has 0 unspecified atom stereocenters. The van der Waals surface area contributed by atoms with Gasteiger partial charge < -0.3 is 14.8 Å². The van der Waals surface area contributed by atoms with Crippen LogP contribution in [0.4, 0.5) is 5.69 Å². The van der Waals surface area contributed by atoms with Crippen molar-refractivity contribution in [2.75, 3.05) is 12.4 Å². The Labute approximate surface area is 171 Å². The third kappa shape index (κ3) is 5.98. The van der Waals surface area contributed by atoms with Crippen molar-refractivity contribution in [2.24, 2.45) is 0 Å². The van der Waals surface area contributed by atoms with E-state index in [-0.39, 0.29) is 5.91 Å². The Hall–Kier alpha value is -3.53. The van der Waals surface area contributed by atoms with Gasteiger partial charge in [0.15, 0.2) is 11.5 Å². The summed E-state index contributed by atoms with van der Waals surface area (Å²) in [7, 11) is 1.60. The van der Waals surface area contributed by atoms with Crippen LogP contribution < -0.4 is 14.8 Å². The van der Waals surface area contributed by atoms with Crippen LogP contribution >= 0.6 is 0 Å². The summed E-state index contributed by atoms with van der Waals surface area (Å²) in [5.74, 6) is 1.10. The molecule has 0 radical (unpaired) electrons. The first-order valence-electron chi connectivity index (χ1n) is 9.60. The first-order chi connectivity index (χ1) is 14.2. The number of amides is 1. The highest BCUT2D eigenvalue weighted by molar-refractivity contribution is 6.01. The van der Waals surface area contributed by atoms with Crippen LogP contribution in [-0.4, -0.2) is 13.0 Å². The van der Waals surface area contributed by atoms with Crippen LogP contribution in [0.25, 0.3) is 6.08 Å². The van der Waals surface area contributed by atoms with E-state index in [0.717, 1.165) is 23.2 Å². The van der Waals surface area contributed by atoms with Crippen molar-refractivity contribution in [2.45, 2.75) is 20.0 Å². The Morgan fingerprint density at radius 2 is 1.69 bits per heavy atom. The van der Waals surface area contributed by atoms with E-state index in [1.54, 1.807) is 13.2 Å². The summed E-state index contributed by atoms with van der Waals surface area (Å²) in [6.07, 6.45) is 4.23. The van der Waals surface area contributed by atoms with Crippen molar-refractivity contribution < 1.29 is 14.3 Å². The number of nitrogens with one attached hydrogen (secondary N) is 1. The Kier molecular flexibility index (Phi) is 7.06. The molecule has 0 aliphatic heterocycles. The number of aryl methyl sites for hydroxylation is 1. The molecule has 0 bridgehead atoms. The SMILES string of the molecule is CCc1ccc(NC(=O)/C=C/c2ccc(OCc3ccccc3)c(OC)c2)cc1. The summed E-state index contributed by atoms with van der Waals surface area (Å²) >= 11 is 0. The monoisotopic (exact) mass is 387 g/mol. The van der Waals surface area contributed by atoms with E-state index >= 15 is 0 Å². The topological polar surface area (TPSA) is 47.6 Å². The van der Waals surface area contributed by atoms with Gasteiger partial charge in [-0.1, -0.05) is 55.5 Å². The highest BCUT2D eigenvalue weighted by Crippen LogP contribution is 2.29. The third-order valence-electron chi connectivity index (χ3n) is 4.48. The van der Waals surface area contributed by atoms with Gasteiger partial charge in [0, 0.05) is 11.8 Å². The molecule has 1 amide bonds. The number of rotatable bonds is 8. The maximum Gasteiger partial charge on any atom is 0.248 e. The molecule has 0 aromatic heterocycles. The molecule has 3 aromatic carbocycles. The fraction of sp³-hybridized carbons (Fsp3) is 0.160. The molecule has 3 aromatic rings. The predicted molar refractivity (Wildman–Crippen MR) is 117 cm³/mol. The summed E-state index contributed by atoms with van der Waals surface area (Å²) in [6, 6.07) is 23.4. The molecular weight excluding hydrogens is 362 g/mol. The smallest absolute Gasteiger partial charge is 0.248 e. The number of hydrogen-bond donors (Lipinski definition) is 1. The molecule has 4 heteroatoms. The third-order valence-corrected chi connectivity index (χ3v) is 4.48. The second-order valence-corrected chi connectivity index (χ2v) is 6.56. The van der Waals surface area contributed by atoms with Crippen LogP contribution in [0.15, 0.2) is 78.9 Å². The van der Waals surface area contributed by atoms with Crippen molar-refractivity contribution in [3.05, 3.63) is 95.6 Å². The second-order valence-electron chi connectivity index (χ2n) is 6.56. The van der Waals surface area contributed by atoms with Gasteiger partial charge in [0.25, 0.3) is 0 Å². The number of methoxy groups -OCH3 is 1. The van der Waals surface area contributed by atoms with Crippen molar-refractivity contribution in [1.29, 1.82) is 0 Å². The van der Waals surface area contributed by atoms with Crippen LogP contribution in [0.1, 0.15) is 23.6 Å². The van der Waals surface area contributed by atoms with Gasteiger partial charge in [-0.15, -0.1) is 0 Å². The van der Waals surface area contributed by atoms with Gasteiger partial charge in [0.2, 0.25) is 5.91 Å². The van der Waals surface area contributed by atoms with Crippen LogP contribution in [0, 0.1) is 0 Å². The molecular formula is C25H25NO3. The number of carbonyl (C=O) groups is 1. The van der Waals surface area contributed by atoms with Crippen LogP contribution in [0.2, 0.25) is 0 Å². The summed E-state index contributed by atoms with van der Waals surface area (Å²) in [5.41, 5.74) is 3.95. The Balaban J connectivity index is 1.61. The molecule has 0 fully saturated rings. The van der Waals surface area contributed by atoms with Gasteiger partial charge in [0.05, 0.1) is 7.11 Å². The number of carbonyl (C=O) groups excluding carboxylic acids is 1. The van der Waals surface area contributed by atoms with E-state index in [9.17, 15) is 4.79 Å². The van der Waals surface area contributed by atoms with Gasteiger partial charge in [0.1, 0.15) is 6.61 Å². The highest BCUT2D eigenvalue weighted by Gasteiger charge is 2.06. The van der Waals surface area contributed by atoms with Gasteiger partial charge in [-0.3, -0.25) is 4.79 Å². The molecule has 0 heterocycles. The number of benzene rings is 3. The highest BCUT2D eigenvalue weighted by atomic mass is 16.5. The summed E-state index contributed by atoms with van der Waals surface area (Å²) in [6.45, 7) is 2.56. The van der Waals surface area contributed by atoms with Crippen molar-refractivity contribution in [1.82, 2.24) is 0 Å². The van der Waals surface area contributed by atoms with Crippen molar-refractivity contribution in [3.63, 3.8) is 0 Å². The molecule has 29 heavy (non-hydrogen) atoms. The van der Waals surface area contributed by atoms with E-state index < -0.39 is 0 Å². The van der Waals surface area contributed by atoms with E-state index in [0.29, 0.717) is 18.1 Å². The van der Waals surface area contributed by atoms with E-state index in [4.69, 9.17) is 9.47 Å². The van der Waals surface area contributed by atoms with E-state index in [1.807, 2.05) is 72.8 Å². The zero-order valence-electron chi connectivity index (χ0n) is 16.7. The standard InChI is InChI=1S/C25H25NO3/c1-3-19-9-13-22(14-10-19)26-25(27)16-12-20-11-15-23(24(17-20)28-2)29-18-21-7-5-4-6-8-21/h4-17H,3,18H2,1-2H3,(H,26,27)/b16-12+. The minimum absolute atomic E-state index is 0.183. The van der Waals surface area contributed by atoms with Crippen molar-refractivity contribution >= 4 is 17.7 Å². The van der Waals surface area contributed by atoms with Gasteiger partial charge >= 0.3 is 0 Å². The lowest BCUT2D eigenvalue weighted by molar-refractivity contribution is -0.111. The predicted octanol–water partition coefficient (Wildman–Crippen LogP) is 5.49. The average molecular weight is 387 g/mol. The molecule has 0 atom stereocenters. The molecule has 0 aliphatic rings. The first kappa shape index (κ1) is 20.2. The van der Waals surface area contributed by atoms with Gasteiger partial charge in [-0.25, -0.2) is 0 Å². The Morgan fingerprint density at radius 1 is 0.931 bits per heavy atom. The molecule has 4 nitrogen and oxygen atoms in total. The molecule has 1 N–H and O–H groups in total. The fourth-order valence-electron chi connectivity index (χ4n) is 2.82.